The van der Waals surface area contributed by atoms with Crippen LogP contribution in [0.15, 0.2) is 52.3 Å². The summed E-state index contributed by atoms with van der Waals surface area (Å²) in [5, 5.41) is 4.74. The van der Waals surface area contributed by atoms with Gasteiger partial charge in [-0.05, 0) is 46.7 Å². The Bertz CT molecular complexity index is 738. The maximum absolute atomic E-state index is 4.83. The molecule has 3 aromatic rings. The van der Waals surface area contributed by atoms with Crippen LogP contribution in [0.1, 0.15) is 23.5 Å². The zero-order valence-corrected chi connectivity index (χ0v) is 14.2. The predicted octanol–water partition coefficient (Wildman–Crippen LogP) is 4.95. The molecule has 0 aliphatic carbocycles. The second-order valence-corrected chi connectivity index (χ2v) is 7.50. The van der Waals surface area contributed by atoms with Gasteiger partial charge in [0.25, 0.3) is 0 Å². The lowest BCUT2D eigenvalue weighted by Gasteiger charge is -2.17. The number of aromatic nitrogens is 1. The Kier molecular flexibility index (Phi) is 4.68. The lowest BCUT2D eigenvalue weighted by Crippen LogP contribution is -2.23. The van der Waals surface area contributed by atoms with E-state index < -0.39 is 0 Å². The second kappa shape index (κ2) is 6.69. The molecule has 0 radical (unpaired) electrons. The number of benzene rings is 1. The van der Waals surface area contributed by atoms with Crippen molar-refractivity contribution < 1.29 is 0 Å². The Balaban J connectivity index is 1.90. The minimum absolute atomic E-state index is 0.255. The van der Waals surface area contributed by atoms with Crippen LogP contribution in [0.5, 0.6) is 0 Å². The number of fused-ring (bicyclic) bond motifs is 1. The van der Waals surface area contributed by atoms with Crippen LogP contribution >= 0.6 is 27.3 Å². The van der Waals surface area contributed by atoms with Gasteiger partial charge in [0, 0.05) is 16.7 Å². The van der Waals surface area contributed by atoms with Crippen molar-refractivity contribution in [3.05, 3.63) is 62.9 Å². The molecule has 1 aromatic carbocycles. The lowest BCUT2D eigenvalue weighted by atomic mass is 10.1. The van der Waals surface area contributed by atoms with Crippen LogP contribution in [0, 0.1) is 0 Å². The molecule has 4 heteroatoms. The van der Waals surface area contributed by atoms with Gasteiger partial charge in [-0.25, -0.2) is 0 Å². The van der Waals surface area contributed by atoms with Gasteiger partial charge in [-0.15, -0.1) is 11.3 Å². The summed E-state index contributed by atoms with van der Waals surface area (Å²) >= 11 is 5.32. The van der Waals surface area contributed by atoms with Gasteiger partial charge >= 0.3 is 0 Å². The number of nitrogens with one attached hydrogen (secondary N) is 1. The van der Waals surface area contributed by atoms with E-state index in [1.165, 1.54) is 14.0 Å². The second-order valence-electron chi connectivity index (χ2n) is 4.95. The van der Waals surface area contributed by atoms with Crippen molar-refractivity contribution in [2.45, 2.75) is 19.4 Å². The molecule has 0 spiro atoms. The molecule has 21 heavy (non-hydrogen) atoms. The highest BCUT2D eigenvalue weighted by Gasteiger charge is 2.14. The Labute approximate surface area is 137 Å². The topological polar surface area (TPSA) is 24.9 Å². The number of para-hydroxylation sites is 1. The van der Waals surface area contributed by atoms with E-state index in [4.69, 9.17) is 4.98 Å². The molecular weight excluding hydrogens is 344 g/mol. The van der Waals surface area contributed by atoms with Crippen LogP contribution in [0.4, 0.5) is 0 Å². The highest BCUT2D eigenvalue weighted by Crippen LogP contribution is 2.27. The predicted molar refractivity (Wildman–Crippen MR) is 93.9 cm³/mol. The van der Waals surface area contributed by atoms with Crippen molar-refractivity contribution in [3.63, 3.8) is 0 Å². The fourth-order valence-electron chi connectivity index (χ4n) is 2.47. The molecule has 0 fully saturated rings. The van der Waals surface area contributed by atoms with Gasteiger partial charge in [0.05, 0.1) is 21.0 Å². The molecule has 1 N–H and O–H groups in total. The number of pyridine rings is 1. The number of hydrogen-bond acceptors (Lipinski definition) is 3. The lowest BCUT2D eigenvalue weighted by molar-refractivity contribution is 0.541. The van der Waals surface area contributed by atoms with Crippen molar-refractivity contribution in [1.29, 1.82) is 0 Å². The first-order chi connectivity index (χ1) is 10.3. The number of nitrogens with zero attached hydrogens (tertiary/aromatic N) is 1. The van der Waals surface area contributed by atoms with Crippen molar-refractivity contribution >= 4 is 38.2 Å². The monoisotopic (exact) mass is 360 g/mol. The highest BCUT2D eigenvalue weighted by molar-refractivity contribution is 9.11. The van der Waals surface area contributed by atoms with E-state index in [1.807, 2.05) is 6.07 Å². The first-order valence-electron chi connectivity index (χ1n) is 7.09. The fourth-order valence-corrected chi connectivity index (χ4v) is 3.99. The molecule has 1 atom stereocenters. The zero-order chi connectivity index (χ0) is 14.7. The van der Waals surface area contributed by atoms with Crippen LogP contribution in [-0.4, -0.2) is 11.5 Å². The molecule has 2 aromatic heterocycles. The number of likely N-dealkylation sites (N-methyl/N-ethyl adjacent to an activating group) is 1. The van der Waals surface area contributed by atoms with Crippen molar-refractivity contribution in [2.75, 3.05) is 6.54 Å². The van der Waals surface area contributed by atoms with E-state index in [9.17, 15) is 0 Å². The first kappa shape index (κ1) is 14.7. The van der Waals surface area contributed by atoms with Gasteiger partial charge < -0.3 is 5.32 Å². The smallest absolute Gasteiger partial charge is 0.0706 e. The summed E-state index contributed by atoms with van der Waals surface area (Å²) in [5.41, 5.74) is 2.17. The summed E-state index contributed by atoms with van der Waals surface area (Å²) in [6.45, 7) is 3.07. The van der Waals surface area contributed by atoms with E-state index >= 15 is 0 Å². The van der Waals surface area contributed by atoms with Gasteiger partial charge in [-0.1, -0.05) is 31.2 Å². The Hall–Kier alpha value is -1.23. The van der Waals surface area contributed by atoms with Crippen molar-refractivity contribution in [2.24, 2.45) is 0 Å². The van der Waals surface area contributed by atoms with Gasteiger partial charge in [-0.3, -0.25) is 4.98 Å². The summed E-state index contributed by atoms with van der Waals surface area (Å²) in [5.74, 6) is 0. The summed E-state index contributed by atoms with van der Waals surface area (Å²) in [6.07, 6.45) is 0.968. The molecule has 0 saturated carbocycles. The largest absolute Gasteiger partial charge is 0.309 e. The third-order valence-corrected chi connectivity index (χ3v) is 5.11. The van der Waals surface area contributed by atoms with Crippen molar-refractivity contribution in [3.8, 4) is 0 Å². The number of thiophene rings is 1. The van der Waals surface area contributed by atoms with Gasteiger partial charge in [0.2, 0.25) is 0 Å². The Morgan fingerprint density at radius 2 is 2.00 bits per heavy atom. The minimum Gasteiger partial charge on any atom is -0.309 e. The van der Waals surface area contributed by atoms with E-state index in [0.29, 0.717) is 0 Å². The third-order valence-electron chi connectivity index (χ3n) is 3.46. The average Bonchev–Trinajstić information content (AvgIpc) is 2.91. The molecule has 0 aliphatic heterocycles. The van der Waals surface area contributed by atoms with Crippen LogP contribution in [0.2, 0.25) is 0 Å². The normalized spacial score (nSPS) is 12.7. The Morgan fingerprint density at radius 1 is 1.14 bits per heavy atom. The maximum atomic E-state index is 4.83. The van der Waals surface area contributed by atoms with Gasteiger partial charge in [0.1, 0.15) is 0 Å². The number of hydrogen-bond donors (Lipinski definition) is 1. The van der Waals surface area contributed by atoms with E-state index in [1.54, 1.807) is 11.3 Å². The molecule has 0 amide bonds. The maximum Gasteiger partial charge on any atom is 0.0706 e. The molecular formula is C17H17BrN2S. The fraction of sp³-hybridized carbons (Fsp3) is 0.235. The Morgan fingerprint density at radius 3 is 2.76 bits per heavy atom. The third kappa shape index (κ3) is 3.51. The molecule has 0 aliphatic rings. The average molecular weight is 361 g/mol. The molecule has 108 valence electrons. The molecule has 0 bridgehead atoms. The minimum atomic E-state index is 0.255. The standard InChI is InChI=1S/C17H17BrN2S/c1-2-19-16(11-13-8-10-17(18)21-13)15-9-7-12-5-3-4-6-14(12)20-15/h3-10,16,19H,2,11H2,1H3. The summed E-state index contributed by atoms with van der Waals surface area (Å²) in [7, 11) is 0. The van der Waals surface area contributed by atoms with Gasteiger partial charge in [-0.2, -0.15) is 0 Å². The molecule has 1 unspecified atom stereocenters. The van der Waals surface area contributed by atoms with E-state index in [-0.39, 0.29) is 6.04 Å². The highest BCUT2D eigenvalue weighted by atomic mass is 79.9. The molecule has 2 nitrogen and oxygen atoms in total. The summed E-state index contributed by atoms with van der Waals surface area (Å²) in [6, 6.07) is 17.1. The number of halogens is 1. The van der Waals surface area contributed by atoms with Crippen LogP contribution < -0.4 is 5.32 Å². The summed E-state index contributed by atoms with van der Waals surface area (Å²) < 4.78 is 1.18. The zero-order valence-electron chi connectivity index (χ0n) is 11.8. The molecule has 0 saturated heterocycles. The van der Waals surface area contributed by atoms with Crippen LogP contribution in [0.25, 0.3) is 10.9 Å². The van der Waals surface area contributed by atoms with E-state index in [0.717, 1.165) is 24.2 Å². The van der Waals surface area contributed by atoms with Crippen LogP contribution in [0.3, 0.4) is 0 Å². The SMILES string of the molecule is CCNC(Cc1ccc(Br)s1)c1ccc2ccccc2n1. The van der Waals surface area contributed by atoms with Crippen LogP contribution in [-0.2, 0) is 6.42 Å². The van der Waals surface area contributed by atoms with E-state index in [2.05, 4.69) is 70.6 Å². The molecule has 2 heterocycles. The van der Waals surface area contributed by atoms with Gasteiger partial charge in [0.15, 0.2) is 0 Å². The molecule has 3 rings (SSSR count). The summed E-state index contributed by atoms with van der Waals surface area (Å²) in [4.78, 5) is 6.19. The quantitative estimate of drug-likeness (QED) is 0.695. The van der Waals surface area contributed by atoms with Crippen molar-refractivity contribution in [1.82, 2.24) is 10.3 Å². The number of rotatable bonds is 5. The first-order valence-corrected chi connectivity index (χ1v) is 8.70.